The highest BCUT2D eigenvalue weighted by atomic mass is 32.3. The highest BCUT2D eigenvalue weighted by Crippen LogP contribution is 2.30. The maximum Gasteiger partial charge on any atom is 0.332 e. The molecule has 2 aromatic rings. The third-order valence-corrected chi connectivity index (χ3v) is 8.27. The van der Waals surface area contributed by atoms with Gasteiger partial charge in [-0.3, -0.25) is 9.59 Å². The fourth-order valence-corrected chi connectivity index (χ4v) is 5.79. The SMILES string of the molecule is Cc1ccc2c(c1)C(=O)N(c1ccc(NC(=O)NS(=O)(=O)C3CC=CS3)cc1F)C(=O)C2. The molecule has 0 bridgehead atoms. The molecule has 1 unspecified atom stereocenters. The van der Waals surface area contributed by atoms with Gasteiger partial charge in [0.05, 0.1) is 12.1 Å². The van der Waals surface area contributed by atoms with Gasteiger partial charge in [0.2, 0.25) is 15.9 Å². The van der Waals surface area contributed by atoms with Gasteiger partial charge in [0.1, 0.15) is 10.4 Å². The summed E-state index contributed by atoms with van der Waals surface area (Å²) in [6.07, 6.45) is 1.91. The Morgan fingerprint density at radius 1 is 1.19 bits per heavy atom. The van der Waals surface area contributed by atoms with E-state index in [1.807, 2.05) is 11.6 Å². The van der Waals surface area contributed by atoms with E-state index in [0.717, 1.165) is 28.3 Å². The first-order chi connectivity index (χ1) is 15.2. The van der Waals surface area contributed by atoms with Crippen LogP contribution in [0.1, 0.15) is 27.9 Å². The molecule has 0 saturated heterocycles. The number of carbonyl (C=O) groups excluding carboxylic acids is 3. The van der Waals surface area contributed by atoms with Crippen LogP contribution in [-0.2, 0) is 21.2 Å². The summed E-state index contributed by atoms with van der Waals surface area (Å²) < 4.78 is 40.2. The van der Waals surface area contributed by atoms with E-state index in [4.69, 9.17) is 0 Å². The molecule has 2 aliphatic rings. The van der Waals surface area contributed by atoms with Gasteiger partial charge >= 0.3 is 6.03 Å². The average molecular weight is 476 g/mol. The van der Waals surface area contributed by atoms with Gasteiger partial charge in [-0.15, -0.1) is 11.8 Å². The quantitative estimate of drug-likeness (QED) is 0.657. The summed E-state index contributed by atoms with van der Waals surface area (Å²) in [5, 5.41) is 3.89. The Kier molecular flexibility index (Phi) is 5.78. The topological polar surface area (TPSA) is 113 Å². The van der Waals surface area contributed by atoms with Crippen LogP contribution in [0.4, 0.5) is 20.6 Å². The third kappa shape index (κ3) is 4.26. The van der Waals surface area contributed by atoms with Crippen LogP contribution >= 0.6 is 11.8 Å². The van der Waals surface area contributed by atoms with Crippen LogP contribution in [0.3, 0.4) is 0 Å². The minimum absolute atomic E-state index is 0.0377. The number of nitrogens with one attached hydrogen (secondary N) is 2. The van der Waals surface area contributed by atoms with Crippen molar-refractivity contribution in [2.24, 2.45) is 0 Å². The zero-order valence-corrected chi connectivity index (χ0v) is 18.4. The zero-order valence-electron chi connectivity index (χ0n) is 16.8. The second-order valence-corrected chi connectivity index (χ2v) is 10.6. The summed E-state index contributed by atoms with van der Waals surface area (Å²) in [5.41, 5.74) is 1.45. The van der Waals surface area contributed by atoms with Crippen molar-refractivity contribution < 1.29 is 27.2 Å². The lowest BCUT2D eigenvalue weighted by molar-refractivity contribution is -0.117. The largest absolute Gasteiger partial charge is 0.332 e. The molecule has 0 aromatic heterocycles. The number of hydrogen-bond donors (Lipinski definition) is 2. The molecule has 11 heteroatoms. The van der Waals surface area contributed by atoms with E-state index >= 15 is 0 Å². The molecule has 0 spiro atoms. The molecule has 8 nitrogen and oxygen atoms in total. The summed E-state index contributed by atoms with van der Waals surface area (Å²) in [7, 11) is -3.91. The smallest absolute Gasteiger partial charge is 0.307 e. The number of halogens is 1. The highest BCUT2D eigenvalue weighted by molar-refractivity contribution is 8.14. The number of anilines is 2. The van der Waals surface area contributed by atoms with E-state index in [1.165, 1.54) is 12.1 Å². The molecule has 0 aliphatic carbocycles. The Morgan fingerprint density at radius 3 is 2.66 bits per heavy atom. The van der Waals surface area contributed by atoms with E-state index in [1.54, 1.807) is 29.7 Å². The van der Waals surface area contributed by atoms with Gasteiger partial charge in [-0.25, -0.2) is 27.2 Å². The van der Waals surface area contributed by atoms with E-state index in [-0.39, 0.29) is 24.2 Å². The molecule has 0 radical (unpaired) electrons. The van der Waals surface area contributed by atoms with Gasteiger partial charge in [0.15, 0.2) is 0 Å². The standard InChI is InChI=1S/C21H18FN3O5S2/c1-12-4-5-13-10-18(26)25(20(27)15(13)9-12)17-7-6-14(11-16(17)22)23-21(28)24-32(29,30)19-3-2-8-31-19/h2,4-9,11,19H,3,10H2,1H3,(H2,23,24,28). The number of imide groups is 1. The van der Waals surface area contributed by atoms with Crippen molar-refractivity contribution in [2.75, 3.05) is 10.2 Å². The van der Waals surface area contributed by atoms with Gasteiger partial charge in [0.25, 0.3) is 5.91 Å². The fourth-order valence-electron chi connectivity index (χ4n) is 3.45. The number of rotatable bonds is 4. The maximum atomic E-state index is 14.8. The number of fused-ring (bicyclic) bond motifs is 1. The fraction of sp³-hybridized carbons (Fsp3) is 0.190. The summed E-state index contributed by atoms with van der Waals surface area (Å²) in [6, 6.07) is 7.49. The molecule has 4 rings (SSSR count). The Balaban J connectivity index is 1.51. The van der Waals surface area contributed by atoms with E-state index in [0.29, 0.717) is 11.1 Å². The monoisotopic (exact) mass is 475 g/mol. The van der Waals surface area contributed by atoms with Gasteiger partial charge in [-0.2, -0.15) is 0 Å². The number of allylic oxidation sites excluding steroid dienone is 1. The van der Waals surface area contributed by atoms with Crippen molar-refractivity contribution in [2.45, 2.75) is 24.3 Å². The second-order valence-electron chi connectivity index (χ2n) is 7.31. The van der Waals surface area contributed by atoms with Crippen LogP contribution in [0.15, 0.2) is 47.9 Å². The Labute approximate surface area is 187 Å². The Bertz CT molecular complexity index is 1270. The van der Waals surface area contributed by atoms with Gasteiger partial charge in [-0.05, 0) is 48.6 Å². The lowest BCUT2D eigenvalue weighted by atomic mass is 9.96. The number of benzene rings is 2. The lowest BCUT2D eigenvalue weighted by Gasteiger charge is -2.27. The number of nitrogens with zero attached hydrogens (tertiary/aromatic N) is 1. The van der Waals surface area contributed by atoms with Gasteiger partial charge in [-0.1, -0.05) is 23.8 Å². The van der Waals surface area contributed by atoms with Crippen LogP contribution in [0.5, 0.6) is 0 Å². The molecular weight excluding hydrogens is 457 g/mol. The van der Waals surface area contributed by atoms with E-state index < -0.39 is 38.3 Å². The number of carbonyl (C=O) groups is 3. The lowest BCUT2D eigenvalue weighted by Crippen LogP contribution is -2.43. The summed E-state index contributed by atoms with van der Waals surface area (Å²) in [6.45, 7) is 1.81. The molecule has 1 atom stereocenters. The van der Waals surface area contributed by atoms with Crippen LogP contribution in [0.2, 0.25) is 0 Å². The minimum atomic E-state index is -3.91. The van der Waals surface area contributed by atoms with E-state index in [9.17, 15) is 27.2 Å². The Morgan fingerprint density at radius 2 is 1.97 bits per heavy atom. The molecule has 4 amide bonds. The molecule has 2 N–H and O–H groups in total. The molecule has 166 valence electrons. The predicted octanol–water partition coefficient (Wildman–Crippen LogP) is 3.29. The normalized spacial score (nSPS) is 17.9. The predicted molar refractivity (Wildman–Crippen MR) is 119 cm³/mol. The number of hydrogen-bond acceptors (Lipinski definition) is 6. The zero-order chi connectivity index (χ0) is 23.0. The molecule has 0 fully saturated rings. The number of amides is 4. The first-order valence-corrected chi connectivity index (χ1v) is 12.0. The second kappa shape index (κ2) is 8.40. The van der Waals surface area contributed by atoms with Crippen molar-refractivity contribution in [1.82, 2.24) is 4.72 Å². The molecular formula is C21H18FN3O5S2. The van der Waals surface area contributed by atoms with Gasteiger partial charge in [0, 0.05) is 11.3 Å². The van der Waals surface area contributed by atoms with Crippen LogP contribution in [-0.4, -0.2) is 30.8 Å². The van der Waals surface area contributed by atoms with Crippen molar-refractivity contribution in [1.29, 1.82) is 0 Å². The summed E-state index contributed by atoms with van der Waals surface area (Å²) in [5.74, 6) is -2.12. The first-order valence-electron chi connectivity index (χ1n) is 9.55. The molecule has 32 heavy (non-hydrogen) atoms. The van der Waals surface area contributed by atoms with Crippen LogP contribution < -0.4 is 14.9 Å². The van der Waals surface area contributed by atoms with Crippen molar-refractivity contribution in [3.05, 3.63) is 70.4 Å². The molecule has 2 aliphatic heterocycles. The van der Waals surface area contributed by atoms with Crippen LogP contribution in [0, 0.1) is 12.7 Å². The number of sulfonamides is 1. The van der Waals surface area contributed by atoms with Gasteiger partial charge < -0.3 is 5.32 Å². The number of aryl methyl sites for hydroxylation is 1. The number of urea groups is 1. The molecule has 0 saturated carbocycles. The maximum absolute atomic E-state index is 14.8. The summed E-state index contributed by atoms with van der Waals surface area (Å²) in [4.78, 5) is 38.3. The van der Waals surface area contributed by atoms with Crippen molar-refractivity contribution in [3.8, 4) is 0 Å². The molecule has 2 heterocycles. The number of thioether (sulfide) groups is 1. The minimum Gasteiger partial charge on any atom is -0.307 e. The highest BCUT2D eigenvalue weighted by Gasteiger charge is 2.34. The van der Waals surface area contributed by atoms with E-state index in [2.05, 4.69) is 5.32 Å². The first kappa shape index (κ1) is 22.0. The third-order valence-electron chi connectivity index (χ3n) is 4.97. The van der Waals surface area contributed by atoms with Crippen LogP contribution in [0.25, 0.3) is 0 Å². The Hall–Kier alpha value is -3.18. The average Bonchev–Trinajstić information content (AvgIpc) is 3.26. The summed E-state index contributed by atoms with van der Waals surface area (Å²) >= 11 is 1.07. The van der Waals surface area contributed by atoms with Crippen molar-refractivity contribution in [3.63, 3.8) is 0 Å². The van der Waals surface area contributed by atoms with Crippen molar-refractivity contribution >= 4 is 51.0 Å². The molecule has 2 aromatic carbocycles.